The number of fused-ring (bicyclic) bond motifs is 3. The molecule has 0 aliphatic rings. The number of hydrogen-bond acceptors (Lipinski definition) is 0. The van der Waals surface area contributed by atoms with Crippen LogP contribution in [0, 0.1) is 0 Å². The molecular weight excluding hydrogens is 490 g/mol. The van der Waals surface area contributed by atoms with Crippen molar-refractivity contribution in [2.75, 3.05) is 0 Å². The van der Waals surface area contributed by atoms with E-state index in [0.29, 0.717) is 0 Å². The van der Waals surface area contributed by atoms with E-state index in [0.717, 1.165) is 0 Å². The largest absolute Gasteiger partial charge is 0.673 e. The highest BCUT2D eigenvalue weighted by atomic mass is 19.5. The first-order chi connectivity index (χ1) is 16.9. The molecule has 0 bridgehead atoms. The fraction of sp³-hybridized carbons (Fsp3) is 0. The summed E-state index contributed by atoms with van der Waals surface area (Å²) in [5, 5.41) is 0. The van der Waals surface area contributed by atoms with E-state index < -0.39 is 14.5 Å². The summed E-state index contributed by atoms with van der Waals surface area (Å²) in [5.41, 5.74) is 7.15. The highest BCUT2D eigenvalue weighted by molar-refractivity contribution is 6.50. The van der Waals surface area contributed by atoms with Crippen LogP contribution in [-0.2, 0) is 0 Å². The van der Waals surface area contributed by atoms with Crippen molar-refractivity contribution in [2.45, 2.75) is 0 Å². The fourth-order valence-corrected chi connectivity index (χ4v) is 3.67. The first kappa shape index (κ1) is 26.7. The second-order valence-electron chi connectivity index (χ2n) is 7.33. The molecule has 2 aromatic carbocycles. The lowest BCUT2D eigenvalue weighted by atomic mass is 10.0. The van der Waals surface area contributed by atoms with E-state index >= 15 is 0 Å². The van der Waals surface area contributed by atoms with Gasteiger partial charge in [-0.05, 0) is 36.4 Å². The minimum atomic E-state index is -6.00. The second kappa shape index (κ2) is 11.2. The van der Waals surface area contributed by atoms with E-state index in [4.69, 9.17) is 0 Å². The maximum absolute atomic E-state index is 9.75. The average molecular weight is 508 g/mol. The number of halogens is 8. The van der Waals surface area contributed by atoms with Crippen molar-refractivity contribution >= 4 is 25.5 Å². The molecule has 0 atom stereocenters. The topological polar surface area (TPSA) is 8.20 Å². The first-order valence-corrected chi connectivity index (χ1v) is 10.6. The van der Waals surface area contributed by atoms with Gasteiger partial charge in [0.1, 0.15) is 0 Å². The predicted octanol–water partition coefficient (Wildman–Crippen LogP) is 7.10. The number of hydrogen-bond donors (Lipinski definition) is 0. The molecular formula is C24H18B2F8N2. The SMILES string of the molecule is F[B-](F)(F)F.F[B-](F)(F)F.c1ccc(-c2c(-c3ccccc3)[n+]3ccccc3c3cccc[n+]23)cc1. The van der Waals surface area contributed by atoms with Gasteiger partial charge in [-0.1, -0.05) is 36.4 Å². The monoisotopic (exact) mass is 508 g/mol. The Morgan fingerprint density at radius 1 is 0.389 bits per heavy atom. The molecule has 5 aromatic rings. The van der Waals surface area contributed by atoms with Gasteiger partial charge in [0.05, 0.1) is 11.1 Å². The Bertz CT molecular complexity index is 1310. The molecule has 36 heavy (non-hydrogen) atoms. The van der Waals surface area contributed by atoms with E-state index in [-0.39, 0.29) is 0 Å². The van der Waals surface area contributed by atoms with Gasteiger partial charge in [-0.3, -0.25) is 0 Å². The molecule has 0 aliphatic heterocycles. The summed E-state index contributed by atoms with van der Waals surface area (Å²) >= 11 is 0. The summed E-state index contributed by atoms with van der Waals surface area (Å²) in [5.74, 6) is 0. The normalized spacial score (nSPS) is 11.3. The third-order valence-electron chi connectivity index (χ3n) is 4.78. The zero-order valence-electron chi connectivity index (χ0n) is 18.5. The van der Waals surface area contributed by atoms with Crippen LogP contribution in [0.3, 0.4) is 0 Å². The van der Waals surface area contributed by atoms with E-state index in [1.165, 1.54) is 33.5 Å². The Morgan fingerprint density at radius 3 is 0.972 bits per heavy atom. The molecule has 0 unspecified atom stereocenters. The van der Waals surface area contributed by atoms with Gasteiger partial charge >= 0.3 is 14.5 Å². The summed E-state index contributed by atoms with van der Waals surface area (Å²) in [6.45, 7) is 0. The van der Waals surface area contributed by atoms with Crippen molar-refractivity contribution in [1.29, 1.82) is 0 Å². The van der Waals surface area contributed by atoms with Crippen LogP contribution >= 0.6 is 0 Å². The average Bonchev–Trinajstić information content (AvgIpc) is 2.82. The van der Waals surface area contributed by atoms with Crippen molar-refractivity contribution in [3.05, 3.63) is 109 Å². The van der Waals surface area contributed by atoms with Gasteiger partial charge in [0.25, 0.3) is 22.4 Å². The maximum Gasteiger partial charge on any atom is 0.673 e. The Kier molecular flexibility index (Phi) is 8.29. The molecule has 2 nitrogen and oxygen atoms in total. The van der Waals surface area contributed by atoms with Crippen molar-refractivity contribution in [3.63, 3.8) is 0 Å². The van der Waals surface area contributed by atoms with Crippen LogP contribution in [0.5, 0.6) is 0 Å². The Labute approximate surface area is 201 Å². The van der Waals surface area contributed by atoms with Crippen molar-refractivity contribution in [1.82, 2.24) is 0 Å². The van der Waals surface area contributed by atoms with Crippen molar-refractivity contribution in [2.24, 2.45) is 0 Å². The summed E-state index contributed by atoms with van der Waals surface area (Å²) in [7, 11) is -12.0. The first-order valence-electron chi connectivity index (χ1n) is 10.6. The molecule has 0 N–H and O–H groups in total. The molecule has 0 saturated carbocycles. The lowest BCUT2D eigenvalue weighted by Crippen LogP contribution is -2.36. The number of aromatic nitrogens is 2. The van der Waals surface area contributed by atoms with Crippen LogP contribution in [0.25, 0.3) is 33.5 Å². The van der Waals surface area contributed by atoms with Crippen molar-refractivity contribution in [3.8, 4) is 22.5 Å². The zero-order valence-corrected chi connectivity index (χ0v) is 18.5. The molecule has 0 aliphatic carbocycles. The van der Waals surface area contributed by atoms with Gasteiger partial charge in [-0.15, -0.1) is 8.80 Å². The number of benzene rings is 2. The molecule has 0 spiro atoms. The van der Waals surface area contributed by atoms with Crippen molar-refractivity contribution < 1.29 is 43.3 Å². The summed E-state index contributed by atoms with van der Waals surface area (Å²) in [6.07, 6.45) is 4.30. The van der Waals surface area contributed by atoms with E-state index in [1.807, 2.05) is 0 Å². The fourth-order valence-electron chi connectivity index (χ4n) is 3.67. The van der Waals surface area contributed by atoms with Gasteiger partial charge in [-0.2, -0.15) is 0 Å². The molecule has 0 amide bonds. The van der Waals surface area contributed by atoms with Crippen LogP contribution in [0.1, 0.15) is 0 Å². The summed E-state index contributed by atoms with van der Waals surface area (Å²) in [4.78, 5) is 0. The lowest BCUT2D eigenvalue weighted by molar-refractivity contribution is -0.547. The molecule has 186 valence electrons. The second-order valence-corrected chi connectivity index (χ2v) is 7.33. The summed E-state index contributed by atoms with van der Waals surface area (Å²) in [6, 6.07) is 33.9. The lowest BCUT2D eigenvalue weighted by Gasteiger charge is -2.06. The smallest absolute Gasteiger partial charge is 0.418 e. The molecule has 3 aromatic heterocycles. The van der Waals surface area contributed by atoms with Crippen LogP contribution in [0.15, 0.2) is 109 Å². The quantitative estimate of drug-likeness (QED) is 0.104. The molecule has 12 heteroatoms. The molecule has 5 rings (SSSR count). The van der Waals surface area contributed by atoms with Crippen LogP contribution in [0.4, 0.5) is 34.5 Å². The Morgan fingerprint density at radius 2 is 0.667 bits per heavy atom. The van der Waals surface area contributed by atoms with Crippen LogP contribution in [0.2, 0.25) is 0 Å². The van der Waals surface area contributed by atoms with Gasteiger partial charge in [0, 0.05) is 24.3 Å². The van der Waals surface area contributed by atoms with Crippen LogP contribution < -0.4 is 8.80 Å². The molecule has 0 radical (unpaired) electrons. The van der Waals surface area contributed by atoms with E-state index in [2.05, 4.69) is 118 Å². The predicted molar refractivity (Wildman–Crippen MR) is 124 cm³/mol. The Balaban J connectivity index is 0.000000310. The van der Waals surface area contributed by atoms with Gasteiger partial charge in [-0.25, -0.2) is 0 Å². The maximum atomic E-state index is 9.75. The highest BCUT2D eigenvalue weighted by Crippen LogP contribution is 2.28. The third-order valence-corrected chi connectivity index (χ3v) is 4.78. The standard InChI is InChI=1S/C24H18N2.2BF4/c1-3-11-19(12-4-1)23-24(20-13-5-2-6-14-20)26-18-10-8-16-22(26)21-15-7-9-17-25(21)23;2*2-1(3,4)5/h1-18H;;/q+2;2*-1. The number of nitrogens with zero attached hydrogens (tertiary/aromatic N) is 2. The highest BCUT2D eigenvalue weighted by Gasteiger charge is 2.31. The van der Waals surface area contributed by atoms with Crippen LogP contribution in [-0.4, -0.2) is 14.5 Å². The van der Waals surface area contributed by atoms with E-state index in [1.54, 1.807) is 0 Å². The van der Waals surface area contributed by atoms with E-state index in [9.17, 15) is 34.5 Å². The summed E-state index contributed by atoms with van der Waals surface area (Å²) < 4.78 is 82.6. The third kappa shape index (κ3) is 7.53. The number of rotatable bonds is 2. The minimum Gasteiger partial charge on any atom is -0.418 e. The number of pyridine rings is 2. The Hall–Kier alpha value is -3.95. The minimum absolute atomic E-state index is 1.19. The zero-order chi connectivity index (χ0) is 26.3. The van der Waals surface area contributed by atoms with Gasteiger partial charge in [0.2, 0.25) is 0 Å². The molecule has 0 saturated heterocycles. The molecule has 3 heterocycles. The van der Waals surface area contributed by atoms with Gasteiger partial charge in [0.15, 0.2) is 12.4 Å². The van der Waals surface area contributed by atoms with Gasteiger partial charge < -0.3 is 34.5 Å². The molecule has 0 fully saturated rings.